The standard InChI is InChI=1S/C21H22N2O5S2/c1-27-15-8-9-16(18(11-15)28-2)23-17-12-30(25,26)13-19(17)29-21(23)22-20(24)10-14-6-4-3-5-7-14/h3-9,11,17,19H,10,12-13H2,1-2H3/t17-,19+/m1/s1. The van der Waals surface area contributed by atoms with Gasteiger partial charge in [0.2, 0.25) is 0 Å². The maximum absolute atomic E-state index is 12.7. The number of thioether (sulfide) groups is 1. The molecule has 158 valence electrons. The number of anilines is 1. The highest BCUT2D eigenvalue weighted by atomic mass is 32.2. The van der Waals surface area contributed by atoms with Gasteiger partial charge in [-0.1, -0.05) is 42.1 Å². The van der Waals surface area contributed by atoms with Crippen molar-refractivity contribution in [3.8, 4) is 11.5 Å². The van der Waals surface area contributed by atoms with Crippen LogP contribution >= 0.6 is 11.8 Å². The molecule has 0 bridgehead atoms. The van der Waals surface area contributed by atoms with Crippen LogP contribution in [0.25, 0.3) is 0 Å². The lowest BCUT2D eigenvalue weighted by molar-refractivity contribution is -0.117. The second-order valence-corrected chi connectivity index (χ2v) is 10.5. The monoisotopic (exact) mass is 446 g/mol. The summed E-state index contributed by atoms with van der Waals surface area (Å²) in [5, 5.41) is 0.328. The van der Waals surface area contributed by atoms with Crippen LogP contribution in [0.4, 0.5) is 5.69 Å². The van der Waals surface area contributed by atoms with E-state index >= 15 is 0 Å². The largest absolute Gasteiger partial charge is 0.497 e. The highest BCUT2D eigenvalue weighted by Gasteiger charge is 2.50. The predicted octanol–water partition coefficient (Wildman–Crippen LogP) is 2.55. The third-order valence-electron chi connectivity index (χ3n) is 5.13. The lowest BCUT2D eigenvalue weighted by atomic mass is 10.1. The summed E-state index contributed by atoms with van der Waals surface area (Å²) >= 11 is 1.34. The second kappa shape index (κ2) is 8.31. The first-order chi connectivity index (χ1) is 14.4. The SMILES string of the molecule is COc1ccc(N2C(=NC(=O)Cc3ccccc3)S[C@H]3CS(=O)(=O)C[C@H]32)c(OC)c1. The van der Waals surface area contributed by atoms with Crippen molar-refractivity contribution in [3.63, 3.8) is 0 Å². The van der Waals surface area contributed by atoms with E-state index in [1.54, 1.807) is 26.4 Å². The molecule has 0 radical (unpaired) electrons. The summed E-state index contributed by atoms with van der Waals surface area (Å²) in [4.78, 5) is 18.8. The van der Waals surface area contributed by atoms with Gasteiger partial charge in [0.15, 0.2) is 15.0 Å². The number of hydrogen-bond acceptors (Lipinski definition) is 6. The third-order valence-corrected chi connectivity index (χ3v) is 8.34. The minimum Gasteiger partial charge on any atom is -0.497 e. The highest BCUT2D eigenvalue weighted by Crippen LogP contribution is 2.44. The molecule has 2 saturated heterocycles. The molecular weight excluding hydrogens is 424 g/mol. The van der Waals surface area contributed by atoms with Gasteiger partial charge in [-0.3, -0.25) is 4.79 Å². The molecule has 4 rings (SSSR count). The zero-order chi connectivity index (χ0) is 21.3. The van der Waals surface area contributed by atoms with Gasteiger partial charge >= 0.3 is 0 Å². The first-order valence-electron chi connectivity index (χ1n) is 9.44. The van der Waals surface area contributed by atoms with E-state index in [0.29, 0.717) is 22.4 Å². The highest BCUT2D eigenvalue weighted by molar-refractivity contribution is 8.16. The van der Waals surface area contributed by atoms with E-state index in [-0.39, 0.29) is 35.1 Å². The molecule has 7 nitrogen and oxygen atoms in total. The number of benzene rings is 2. The van der Waals surface area contributed by atoms with E-state index in [1.165, 1.54) is 11.8 Å². The Morgan fingerprint density at radius 1 is 1.13 bits per heavy atom. The molecule has 2 aromatic carbocycles. The van der Waals surface area contributed by atoms with Crippen molar-refractivity contribution >= 4 is 38.4 Å². The zero-order valence-corrected chi connectivity index (χ0v) is 18.3. The van der Waals surface area contributed by atoms with Crippen LogP contribution in [0, 0.1) is 0 Å². The minimum atomic E-state index is -3.15. The van der Waals surface area contributed by atoms with E-state index in [4.69, 9.17) is 9.47 Å². The lowest BCUT2D eigenvalue weighted by Crippen LogP contribution is -2.38. The molecule has 30 heavy (non-hydrogen) atoms. The smallest absolute Gasteiger partial charge is 0.252 e. The maximum Gasteiger partial charge on any atom is 0.252 e. The fourth-order valence-corrected chi connectivity index (χ4v) is 7.67. The first-order valence-corrected chi connectivity index (χ1v) is 12.1. The number of hydrogen-bond donors (Lipinski definition) is 0. The summed E-state index contributed by atoms with van der Waals surface area (Å²) in [6.45, 7) is 0. The molecule has 2 fully saturated rings. The van der Waals surface area contributed by atoms with Crippen molar-refractivity contribution in [2.24, 2.45) is 4.99 Å². The number of aliphatic imine (C=N–C) groups is 1. The molecule has 0 aliphatic carbocycles. The molecule has 0 N–H and O–H groups in total. The molecule has 0 spiro atoms. The fourth-order valence-electron chi connectivity index (χ4n) is 3.75. The molecule has 2 aliphatic rings. The Hall–Kier alpha value is -2.52. The number of fused-ring (bicyclic) bond motifs is 1. The van der Waals surface area contributed by atoms with Crippen molar-refractivity contribution < 1.29 is 22.7 Å². The van der Waals surface area contributed by atoms with Gasteiger partial charge in [0.25, 0.3) is 5.91 Å². The molecule has 0 saturated carbocycles. The number of amides is 1. The summed E-state index contributed by atoms with van der Waals surface area (Å²) < 4.78 is 35.3. The molecule has 1 amide bonds. The Balaban J connectivity index is 1.70. The van der Waals surface area contributed by atoms with Gasteiger partial charge in [-0.05, 0) is 17.7 Å². The normalized spacial score (nSPS) is 23.4. The van der Waals surface area contributed by atoms with Gasteiger partial charge in [0.1, 0.15) is 11.5 Å². The molecule has 2 heterocycles. The molecule has 0 aromatic heterocycles. The minimum absolute atomic E-state index is 0.0196. The van der Waals surface area contributed by atoms with Gasteiger partial charge in [-0.2, -0.15) is 4.99 Å². The van der Waals surface area contributed by atoms with E-state index in [0.717, 1.165) is 5.56 Å². The Morgan fingerprint density at radius 3 is 2.60 bits per heavy atom. The van der Waals surface area contributed by atoms with Crippen molar-refractivity contribution in [1.82, 2.24) is 0 Å². The van der Waals surface area contributed by atoms with Crippen LogP contribution in [-0.2, 0) is 21.1 Å². The van der Waals surface area contributed by atoms with Crippen molar-refractivity contribution in [3.05, 3.63) is 54.1 Å². The van der Waals surface area contributed by atoms with E-state index in [9.17, 15) is 13.2 Å². The predicted molar refractivity (Wildman–Crippen MR) is 118 cm³/mol. The number of ether oxygens (including phenoxy) is 2. The van der Waals surface area contributed by atoms with Gasteiger partial charge < -0.3 is 14.4 Å². The zero-order valence-electron chi connectivity index (χ0n) is 16.6. The first kappa shape index (κ1) is 20.7. The average Bonchev–Trinajstić information content (AvgIpc) is 3.18. The number of nitrogens with zero attached hydrogens (tertiary/aromatic N) is 2. The van der Waals surface area contributed by atoms with Crippen molar-refractivity contribution in [1.29, 1.82) is 0 Å². The molecule has 2 atom stereocenters. The number of methoxy groups -OCH3 is 2. The van der Waals surface area contributed by atoms with Crippen LogP contribution in [0.5, 0.6) is 11.5 Å². The molecular formula is C21H22N2O5S2. The van der Waals surface area contributed by atoms with E-state index in [1.807, 2.05) is 41.3 Å². The average molecular weight is 447 g/mol. The van der Waals surface area contributed by atoms with Crippen LogP contribution in [0.1, 0.15) is 5.56 Å². The summed E-state index contributed by atoms with van der Waals surface area (Å²) in [6, 6.07) is 14.4. The number of sulfone groups is 1. The van der Waals surface area contributed by atoms with Gasteiger partial charge in [-0.25, -0.2) is 8.42 Å². The topological polar surface area (TPSA) is 85.3 Å². The summed E-state index contributed by atoms with van der Waals surface area (Å²) in [7, 11) is -0.0395. The summed E-state index contributed by atoms with van der Waals surface area (Å²) in [5.41, 5.74) is 1.55. The Kier molecular flexibility index (Phi) is 5.75. The van der Waals surface area contributed by atoms with Gasteiger partial charge in [0.05, 0.1) is 43.9 Å². The number of carbonyl (C=O) groups excluding carboxylic acids is 1. The van der Waals surface area contributed by atoms with Gasteiger partial charge in [-0.15, -0.1) is 0 Å². The fraction of sp³-hybridized carbons (Fsp3) is 0.333. The number of amidine groups is 1. The quantitative estimate of drug-likeness (QED) is 0.698. The second-order valence-electron chi connectivity index (χ2n) is 7.16. The Bertz CT molecular complexity index is 1090. The third kappa shape index (κ3) is 4.17. The summed E-state index contributed by atoms with van der Waals surface area (Å²) in [6.07, 6.45) is 0.187. The molecule has 2 aliphatic heterocycles. The Morgan fingerprint density at radius 2 is 1.90 bits per heavy atom. The number of carbonyl (C=O) groups is 1. The van der Waals surface area contributed by atoms with E-state index < -0.39 is 9.84 Å². The van der Waals surface area contributed by atoms with Crippen LogP contribution in [0.15, 0.2) is 53.5 Å². The van der Waals surface area contributed by atoms with Crippen molar-refractivity contribution in [2.75, 3.05) is 30.6 Å². The molecule has 2 aromatic rings. The van der Waals surface area contributed by atoms with Crippen molar-refractivity contribution in [2.45, 2.75) is 17.7 Å². The van der Waals surface area contributed by atoms with Crippen LogP contribution in [0.3, 0.4) is 0 Å². The van der Waals surface area contributed by atoms with Crippen LogP contribution in [0.2, 0.25) is 0 Å². The number of rotatable bonds is 5. The lowest BCUT2D eigenvalue weighted by Gasteiger charge is -2.26. The summed E-state index contributed by atoms with van der Waals surface area (Å²) in [5.74, 6) is 0.971. The van der Waals surface area contributed by atoms with Gasteiger partial charge in [0, 0.05) is 11.3 Å². The molecule has 0 unspecified atom stereocenters. The van der Waals surface area contributed by atoms with Crippen LogP contribution < -0.4 is 14.4 Å². The Labute approximate surface area is 180 Å². The van der Waals surface area contributed by atoms with E-state index in [2.05, 4.69) is 4.99 Å². The molecule has 9 heteroatoms. The van der Waals surface area contributed by atoms with Crippen LogP contribution in [-0.4, -0.2) is 56.5 Å². The maximum atomic E-state index is 12.7.